The zero-order chi connectivity index (χ0) is 38.5. The van der Waals surface area contributed by atoms with Gasteiger partial charge in [0.05, 0.1) is 6.42 Å². The maximum atomic E-state index is 13.0. The molecule has 0 saturated heterocycles. The summed E-state index contributed by atoms with van der Waals surface area (Å²) in [6.07, 6.45) is -0.370. The molecule has 2 aromatic carbocycles. The molecule has 0 aromatic heterocycles. The molecule has 0 fully saturated rings. The van der Waals surface area contributed by atoms with E-state index in [4.69, 9.17) is 14.2 Å². The Morgan fingerprint density at radius 3 is 1.47 bits per heavy atom. The number of carbonyl (C=O) groups is 6. The fourth-order valence-electron chi connectivity index (χ4n) is 5.81. The van der Waals surface area contributed by atoms with Gasteiger partial charge in [-0.05, 0) is 113 Å². The van der Waals surface area contributed by atoms with Gasteiger partial charge in [-0.2, -0.15) is 0 Å². The fourth-order valence-corrected chi connectivity index (χ4v) is 5.81. The minimum Gasteiger partial charge on any atom is -0.445 e. The van der Waals surface area contributed by atoms with E-state index in [9.17, 15) is 28.8 Å². The van der Waals surface area contributed by atoms with Crippen LogP contribution in [-0.2, 0) is 48.3 Å². The highest BCUT2D eigenvalue weighted by Gasteiger charge is 2.27. The van der Waals surface area contributed by atoms with E-state index in [-0.39, 0.29) is 69.3 Å². The minimum atomic E-state index is -0.904. The van der Waals surface area contributed by atoms with Crippen LogP contribution in [0.1, 0.15) is 98.7 Å². The number of esters is 1. The van der Waals surface area contributed by atoms with Gasteiger partial charge in [0, 0.05) is 50.9 Å². The molecular weight excluding hydrogens is 656 g/mol. The number of hydrogen-bond acceptors (Lipinski definition) is 9. The van der Waals surface area contributed by atoms with Crippen LogP contribution < -0.4 is 26.0 Å². The van der Waals surface area contributed by atoms with Gasteiger partial charge >= 0.3 is 18.2 Å². The van der Waals surface area contributed by atoms with Crippen molar-refractivity contribution in [2.45, 2.75) is 118 Å². The third-order valence-corrected chi connectivity index (χ3v) is 8.00. The molecule has 280 valence electrons. The summed E-state index contributed by atoms with van der Waals surface area (Å²) in [6.45, 7) is 14.6. The molecule has 4 amide bonds. The summed E-state index contributed by atoms with van der Waals surface area (Å²) in [4.78, 5) is 74.1. The van der Waals surface area contributed by atoms with Gasteiger partial charge in [-0.3, -0.25) is 19.2 Å². The average molecular weight is 711 g/mol. The van der Waals surface area contributed by atoms with E-state index in [0.29, 0.717) is 16.9 Å². The smallest absolute Gasteiger partial charge is 0.407 e. The van der Waals surface area contributed by atoms with Crippen LogP contribution in [0.15, 0.2) is 24.3 Å². The lowest BCUT2D eigenvalue weighted by molar-refractivity contribution is -0.136. The maximum Gasteiger partial charge on any atom is 0.407 e. The topological polar surface area (TPSA) is 178 Å². The molecule has 4 N–H and O–H groups in total. The molecule has 0 unspecified atom stereocenters. The largest absolute Gasteiger partial charge is 0.445 e. The summed E-state index contributed by atoms with van der Waals surface area (Å²) >= 11 is 0. The molecule has 0 heterocycles. The Labute approximate surface area is 300 Å². The summed E-state index contributed by atoms with van der Waals surface area (Å²) in [5.74, 6) is -0.720. The summed E-state index contributed by atoms with van der Waals surface area (Å²) in [7, 11) is 2.96. The molecule has 0 aliphatic carbocycles. The first-order valence-electron chi connectivity index (χ1n) is 17.0. The van der Waals surface area contributed by atoms with Crippen LogP contribution in [0, 0.1) is 27.7 Å². The molecule has 0 spiro atoms. The van der Waals surface area contributed by atoms with Gasteiger partial charge in [0.15, 0.2) is 0 Å². The number of amides is 4. The molecule has 0 aliphatic rings. The predicted molar refractivity (Wildman–Crippen MR) is 192 cm³/mol. The van der Waals surface area contributed by atoms with Crippen molar-refractivity contribution in [3.8, 4) is 5.75 Å². The molecule has 13 heteroatoms. The van der Waals surface area contributed by atoms with E-state index in [1.807, 2.05) is 26.0 Å². The van der Waals surface area contributed by atoms with Gasteiger partial charge in [-0.25, -0.2) is 9.59 Å². The molecule has 0 saturated carbocycles. The number of alkyl carbamates (subject to hydrolysis) is 2. The van der Waals surface area contributed by atoms with Crippen molar-refractivity contribution < 1.29 is 43.0 Å². The van der Waals surface area contributed by atoms with Crippen LogP contribution in [0.3, 0.4) is 0 Å². The molecular formula is C38H54N4O9. The Balaban J connectivity index is 1.81. The highest BCUT2D eigenvalue weighted by molar-refractivity contribution is 5.84. The van der Waals surface area contributed by atoms with Crippen molar-refractivity contribution in [3.05, 3.63) is 63.2 Å². The SMILES string of the molecule is CNC(=O)OCc1cc(C)c(CC(=O)CC(C)(C)NC(=O)CCCC(=O)NC(C)(C)CC(=O)Oc2c(C)cc(COC(=O)NC)cc2C)c(C)c1. The van der Waals surface area contributed by atoms with Crippen LogP contribution in [0.25, 0.3) is 0 Å². The number of benzene rings is 2. The van der Waals surface area contributed by atoms with Crippen LogP contribution >= 0.6 is 0 Å². The monoisotopic (exact) mass is 710 g/mol. The minimum absolute atomic E-state index is 0.0317. The van der Waals surface area contributed by atoms with Gasteiger partial charge in [-0.15, -0.1) is 0 Å². The van der Waals surface area contributed by atoms with E-state index in [1.165, 1.54) is 14.1 Å². The Hall–Kier alpha value is -4.94. The number of nitrogens with one attached hydrogen (secondary N) is 4. The van der Waals surface area contributed by atoms with Crippen LogP contribution in [0.4, 0.5) is 9.59 Å². The third kappa shape index (κ3) is 14.8. The van der Waals surface area contributed by atoms with Crippen LogP contribution in [0.2, 0.25) is 0 Å². The fraction of sp³-hybridized carbons (Fsp3) is 0.526. The van der Waals surface area contributed by atoms with E-state index < -0.39 is 29.2 Å². The first-order chi connectivity index (χ1) is 23.7. The van der Waals surface area contributed by atoms with E-state index in [0.717, 1.165) is 27.8 Å². The Bertz CT molecular complexity index is 1450. The van der Waals surface area contributed by atoms with Crippen molar-refractivity contribution in [1.29, 1.82) is 0 Å². The van der Waals surface area contributed by atoms with Crippen LogP contribution in [0.5, 0.6) is 5.75 Å². The first-order valence-corrected chi connectivity index (χ1v) is 17.0. The maximum absolute atomic E-state index is 13.0. The molecule has 13 nitrogen and oxygen atoms in total. The lowest BCUT2D eigenvalue weighted by Crippen LogP contribution is -2.46. The van der Waals surface area contributed by atoms with Crippen LogP contribution in [-0.4, -0.2) is 60.9 Å². The van der Waals surface area contributed by atoms with E-state index in [1.54, 1.807) is 53.7 Å². The summed E-state index contributed by atoms with van der Waals surface area (Å²) in [5, 5.41) is 10.5. The normalized spacial score (nSPS) is 11.3. The number of hydrogen-bond donors (Lipinski definition) is 4. The van der Waals surface area contributed by atoms with E-state index in [2.05, 4.69) is 21.3 Å². The Morgan fingerprint density at radius 1 is 0.627 bits per heavy atom. The molecule has 0 atom stereocenters. The number of ether oxygens (including phenoxy) is 3. The molecule has 51 heavy (non-hydrogen) atoms. The van der Waals surface area contributed by atoms with E-state index >= 15 is 0 Å². The summed E-state index contributed by atoms with van der Waals surface area (Å²) in [6, 6.07) is 7.34. The van der Waals surface area contributed by atoms with Crippen molar-refractivity contribution in [2.75, 3.05) is 14.1 Å². The number of carbonyl (C=O) groups excluding carboxylic acids is 6. The number of Topliss-reactive ketones (excluding diaryl/α,β-unsaturated/α-hetero) is 1. The van der Waals surface area contributed by atoms with Gasteiger partial charge in [0.25, 0.3) is 0 Å². The molecule has 0 radical (unpaired) electrons. The second-order valence-electron chi connectivity index (χ2n) is 14.2. The second-order valence-corrected chi connectivity index (χ2v) is 14.2. The molecule has 2 aromatic rings. The van der Waals surface area contributed by atoms with Crippen molar-refractivity contribution >= 4 is 35.8 Å². The number of rotatable bonds is 17. The average Bonchev–Trinajstić information content (AvgIpc) is 3.00. The lowest BCUT2D eigenvalue weighted by atomic mass is 9.90. The van der Waals surface area contributed by atoms with Crippen molar-refractivity contribution in [3.63, 3.8) is 0 Å². The van der Waals surface area contributed by atoms with Gasteiger partial charge in [0.1, 0.15) is 24.7 Å². The van der Waals surface area contributed by atoms with Gasteiger partial charge in [-0.1, -0.05) is 12.1 Å². The highest BCUT2D eigenvalue weighted by atomic mass is 16.6. The predicted octanol–water partition coefficient (Wildman–Crippen LogP) is 5.09. The number of aryl methyl sites for hydroxylation is 4. The van der Waals surface area contributed by atoms with Gasteiger partial charge < -0.3 is 35.5 Å². The lowest BCUT2D eigenvalue weighted by Gasteiger charge is -2.26. The first kappa shape index (κ1) is 42.2. The standard InChI is InChI=1S/C38H54N4O9/c1-23-14-27(21-49-35(47)39-9)15-24(2)30(23)18-29(43)19-37(5,6)41-31(44)12-11-13-32(45)42-38(7,8)20-33(46)51-34-25(3)16-28(17-26(34)4)22-50-36(48)40-10/h14-17H,11-13,18-22H2,1-10H3,(H,39,47)(H,40,48)(H,41,44)(H,42,45). The third-order valence-electron chi connectivity index (χ3n) is 8.00. The van der Waals surface area contributed by atoms with Crippen molar-refractivity contribution in [1.82, 2.24) is 21.3 Å². The quantitative estimate of drug-likeness (QED) is 0.129. The Morgan fingerprint density at radius 2 is 1.04 bits per heavy atom. The van der Waals surface area contributed by atoms with Gasteiger partial charge in [0.2, 0.25) is 11.8 Å². The Kier molecular flexibility index (Phi) is 15.6. The zero-order valence-corrected chi connectivity index (χ0v) is 31.6. The van der Waals surface area contributed by atoms with Crippen molar-refractivity contribution in [2.24, 2.45) is 0 Å². The highest BCUT2D eigenvalue weighted by Crippen LogP contribution is 2.27. The molecule has 2 rings (SSSR count). The number of ketones is 1. The zero-order valence-electron chi connectivity index (χ0n) is 31.6. The summed E-state index contributed by atoms with van der Waals surface area (Å²) in [5.41, 5.74) is 4.03. The second kappa shape index (κ2) is 18.9. The molecule has 0 aliphatic heterocycles. The molecule has 0 bridgehead atoms. The summed E-state index contributed by atoms with van der Waals surface area (Å²) < 4.78 is 15.9.